The van der Waals surface area contributed by atoms with E-state index in [1.54, 1.807) is 0 Å². The Balaban J connectivity index is 2.05. The quantitative estimate of drug-likeness (QED) is 0.756. The first-order valence-corrected chi connectivity index (χ1v) is 7.11. The van der Waals surface area contributed by atoms with Crippen molar-refractivity contribution in [1.29, 1.82) is 0 Å². The molecule has 1 N–H and O–H groups in total. The van der Waals surface area contributed by atoms with E-state index in [1.165, 1.54) is 30.9 Å². The van der Waals surface area contributed by atoms with E-state index in [2.05, 4.69) is 30.3 Å². The second-order valence-electron chi connectivity index (χ2n) is 3.34. The Morgan fingerprint density at radius 1 is 1.50 bits per heavy atom. The van der Waals surface area contributed by atoms with Gasteiger partial charge < -0.3 is 5.32 Å². The van der Waals surface area contributed by atoms with Gasteiger partial charge in [-0.3, -0.25) is 0 Å². The summed E-state index contributed by atoms with van der Waals surface area (Å²) in [4.78, 5) is 0. The van der Waals surface area contributed by atoms with Gasteiger partial charge in [-0.15, -0.1) is 0 Å². The van der Waals surface area contributed by atoms with E-state index in [1.807, 2.05) is 11.8 Å². The maximum atomic E-state index is 3.64. The molecular formula is C9H19NS2. The molecule has 1 nitrogen and oxygen atoms in total. The molecule has 0 radical (unpaired) electrons. The van der Waals surface area contributed by atoms with E-state index in [0.29, 0.717) is 0 Å². The van der Waals surface area contributed by atoms with Gasteiger partial charge in [0.1, 0.15) is 0 Å². The van der Waals surface area contributed by atoms with E-state index in [-0.39, 0.29) is 0 Å². The lowest BCUT2D eigenvalue weighted by Gasteiger charge is -2.23. The van der Waals surface area contributed by atoms with Gasteiger partial charge in [-0.1, -0.05) is 6.92 Å². The molecule has 1 heterocycles. The lowest BCUT2D eigenvalue weighted by molar-refractivity contribution is 0.486. The average Bonchev–Trinajstić information content (AvgIpc) is 2.16. The molecule has 0 amide bonds. The lowest BCUT2D eigenvalue weighted by atomic mass is 10.1. The molecule has 3 heteroatoms. The summed E-state index contributed by atoms with van der Waals surface area (Å²) in [7, 11) is 0. The summed E-state index contributed by atoms with van der Waals surface area (Å²) in [5.74, 6) is 2.70. The van der Waals surface area contributed by atoms with Crippen LogP contribution >= 0.6 is 23.5 Å². The Labute approximate surface area is 84.4 Å². The van der Waals surface area contributed by atoms with Crippen molar-refractivity contribution in [3.8, 4) is 0 Å². The first-order valence-electron chi connectivity index (χ1n) is 4.67. The highest BCUT2D eigenvalue weighted by Crippen LogP contribution is 2.17. The molecule has 1 atom stereocenters. The van der Waals surface area contributed by atoms with Crippen molar-refractivity contribution in [3.05, 3.63) is 0 Å². The fraction of sp³-hybridized carbons (Fsp3) is 1.00. The van der Waals surface area contributed by atoms with Gasteiger partial charge in [0, 0.05) is 17.8 Å². The molecule has 12 heavy (non-hydrogen) atoms. The Hall–Kier alpha value is 0.660. The van der Waals surface area contributed by atoms with Crippen LogP contribution in [0.1, 0.15) is 19.8 Å². The van der Waals surface area contributed by atoms with Gasteiger partial charge in [-0.05, 0) is 30.6 Å². The fourth-order valence-electron chi connectivity index (χ4n) is 1.32. The maximum Gasteiger partial charge on any atom is 0.0141 e. The third-order valence-corrected chi connectivity index (χ3v) is 4.34. The number of thioether (sulfide) groups is 2. The molecule has 1 unspecified atom stereocenters. The van der Waals surface area contributed by atoms with Gasteiger partial charge in [0.15, 0.2) is 0 Å². The molecule has 0 bridgehead atoms. The Kier molecular flexibility index (Phi) is 5.52. The van der Waals surface area contributed by atoms with E-state index < -0.39 is 0 Å². The van der Waals surface area contributed by atoms with Crippen molar-refractivity contribution in [1.82, 2.24) is 5.32 Å². The van der Waals surface area contributed by atoms with Crippen LogP contribution in [-0.4, -0.2) is 35.6 Å². The molecule has 1 aliphatic rings. The first kappa shape index (κ1) is 10.7. The van der Waals surface area contributed by atoms with Crippen LogP contribution < -0.4 is 5.32 Å². The summed E-state index contributed by atoms with van der Waals surface area (Å²) in [5.41, 5.74) is 0. The summed E-state index contributed by atoms with van der Waals surface area (Å²) < 4.78 is 0. The van der Waals surface area contributed by atoms with Crippen molar-refractivity contribution >= 4 is 23.5 Å². The van der Waals surface area contributed by atoms with Crippen molar-refractivity contribution in [2.45, 2.75) is 31.1 Å². The predicted octanol–water partition coefficient (Wildman–Crippen LogP) is 2.22. The number of hydrogen-bond acceptors (Lipinski definition) is 3. The van der Waals surface area contributed by atoms with Gasteiger partial charge >= 0.3 is 0 Å². The molecule has 0 aromatic rings. The van der Waals surface area contributed by atoms with Gasteiger partial charge in [-0.25, -0.2) is 0 Å². The highest BCUT2D eigenvalue weighted by atomic mass is 32.2. The molecule has 1 fully saturated rings. The van der Waals surface area contributed by atoms with E-state index in [0.717, 1.165) is 11.3 Å². The van der Waals surface area contributed by atoms with Crippen LogP contribution in [-0.2, 0) is 0 Å². The van der Waals surface area contributed by atoms with Crippen LogP contribution in [0.15, 0.2) is 0 Å². The maximum absolute atomic E-state index is 3.64. The second kappa shape index (κ2) is 6.17. The SMILES string of the molecule is CSC(C)CNC1CCSCC1. The van der Waals surface area contributed by atoms with Gasteiger partial charge in [0.05, 0.1) is 0 Å². The minimum atomic E-state index is 0.763. The molecule has 72 valence electrons. The molecular weight excluding hydrogens is 186 g/mol. The Morgan fingerprint density at radius 3 is 2.75 bits per heavy atom. The highest BCUT2D eigenvalue weighted by molar-refractivity contribution is 7.99. The van der Waals surface area contributed by atoms with E-state index in [9.17, 15) is 0 Å². The van der Waals surface area contributed by atoms with Crippen molar-refractivity contribution in [2.24, 2.45) is 0 Å². The molecule has 0 aromatic carbocycles. The average molecular weight is 205 g/mol. The fourth-order valence-corrected chi connectivity index (χ4v) is 2.69. The first-order chi connectivity index (χ1) is 5.83. The minimum Gasteiger partial charge on any atom is -0.313 e. The normalized spacial score (nSPS) is 22.5. The van der Waals surface area contributed by atoms with E-state index in [4.69, 9.17) is 0 Å². The predicted molar refractivity (Wildman–Crippen MR) is 61.3 cm³/mol. The Bertz CT molecular complexity index is 113. The monoisotopic (exact) mass is 205 g/mol. The van der Waals surface area contributed by atoms with Crippen LogP contribution in [0.25, 0.3) is 0 Å². The van der Waals surface area contributed by atoms with Crippen LogP contribution in [0.3, 0.4) is 0 Å². The van der Waals surface area contributed by atoms with Crippen molar-refractivity contribution in [3.63, 3.8) is 0 Å². The molecule has 1 aliphatic heterocycles. The van der Waals surface area contributed by atoms with Gasteiger partial charge in [-0.2, -0.15) is 23.5 Å². The molecule has 1 rings (SSSR count). The number of hydrogen-bond donors (Lipinski definition) is 1. The zero-order valence-electron chi connectivity index (χ0n) is 8.01. The topological polar surface area (TPSA) is 12.0 Å². The summed E-state index contributed by atoms with van der Waals surface area (Å²) in [6.45, 7) is 3.46. The van der Waals surface area contributed by atoms with Gasteiger partial charge in [0.2, 0.25) is 0 Å². The second-order valence-corrected chi connectivity index (χ2v) is 5.84. The molecule has 0 aliphatic carbocycles. The van der Waals surface area contributed by atoms with Crippen molar-refractivity contribution in [2.75, 3.05) is 24.3 Å². The van der Waals surface area contributed by atoms with Crippen LogP contribution in [0.2, 0.25) is 0 Å². The zero-order chi connectivity index (χ0) is 8.81. The zero-order valence-corrected chi connectivity index (χ0v) is 9.64. The summed E-state index contributed by atoms with van der Waals surface area (Å²) in [6, 6.07) is 0.806. The summed E-state index contributed by atoms with van der Waals surface area (Å²) in [5, 5.41) is 4.40. The molecule has 1 saturated heterocycles. The van der Waals surface area contributed by atoms with Crippen molar-refractivity contribution < 1.29 is 0 Å². The van der Waals surface area contributed by atoms with E-state index >= 15 is 0 Å². The standard InChI is InChI=1S/C9H19NS2/c1-8(11-2)7-10-9-3-5-12-6-4-9/h8-10H,3-7H2,1-2H3. The van der Waals surface area contributed by atoms with Crippen LogP contribution in [0.5, 0.6) is 0 Å². The summed E-state index contributed by atoms with van der Waals surface area (Å²) >= 11 is 4.04. The lowest BCUT2D eigenvalue weighted by Crippen LogP contribution is -2.36. The van der Waals surface area contributed by atoms with Crippen LogP contribution in [0.4, 0.5) is 0 Å². The minimum absolute atomic E-state index is 0.763. The third kappa shape index (κ3) is 4.06. The summed E-state index contributed by atoms with van der Waals surface area (Å²) in [6.07, 6.45) is 4.92. The molecule has 0 aromatic heterocycles. The largest absolute Gasteiger partial charge is 0.313 e. The molecule has 0 saturated carbocycles. The van der Waals surface area contributed by atoms with Crippen LogP contribution in [0, 0.1) is 0 Å². The highest BCUT2D eigenvalue weighted by Gasteiger charge is 2.13. The number of rotatable bonds is 4. The third-order valence-electron chi connectivity index (χ3n) is 2.32. The number of nitrogens with one attached hydrogen (secondary N) is 1. The molecule has 0 spiro atoms. The Morgan fingerprint density at radius 2 is 2.17 bits per heavy atom. The smallest absolute Gasteiger partial charge is 0.0141 e. The van der Waals surface area contributed by atoms with Gasteiger partial charge in [0.25, 0.3) is 0 Å².